The van der Waals surface area contributed by atoms with E-state index in [2.05, 4.69) is 10.2 Å². The fourth-order valence-electron chi connectivity index (χ4n) is 2.05. The Morgan fingerprint density at radius 1 is 0.962 bits per heavy atom. The minimum Gasteiger partial charge on any atom is -0.495 e. The second-order valence-corrected chi connectivity index (χ2v) is 7.97. The Balaban J connectivity index is 2.63. The van der Waals surface area contributed by atoms with Crippen LogP contribution in [0.2, 0.25) is 0 Å². The maximum absolute atomic E-state index is 11.4. The number of anilines is 1. The van der Waals surface area contributed by atoms with E-state index in [9.17, 15) is 21.4 Å². The van der Waals surface area contributed by atoms with Crippen LogP contribution >= 0.6 is 0 Å². The van der Waals surface area contributed by atoms with Crippen LogP contribution in [0.1, 0.15) is 5.56 Å². The number of ether oxygens (including phenoxy) is 1. The summed E-state index contributed by atoms with van der Waals surface area (Å²) in [6, 6.07) is 5.39. The number of azo groups is 1. The molecule has 0 bridgehead atoms. The zero-order chi connectivity index (χ0) is 19.7. The van der Waals surface area contributed by atoms with Gasteiger partial charge in [-0.2, -0.15) is 21.9 Å². The van der Waals surface area contributed by atoms with Crippen molar-refractivity contribution in [2.24, 2.45) is 10.2 Å². The van der Waals surface area contributed by atoms with E-state index in [1.807, 2.05) is 0 Å². The van der Waals surface area contributed by atoms with Crippen molar-refractivity contribution in [2.75, 3.05) is 12.8 Å². The molecule has 0 amide bonds. The molecule has 0 aliphatic rings. The Bertz CT molecular complexity index is 1090. The van der Waals surface area contributed by atoms with Gasteiger partial charge in [0.15, 0.2) is 0 Å². The van der Waals surface area contributed by atoms with Gasteiger partial charge in [0.1, 0.15) is 16.3 Å². The van der Waals surface area contributed by atoms with Gasteiger partial charge in [-0.15, -0.1) is 5.11 Å². The molecule has 2 aromatic rings. The van der Waals surface area contributed by atoms with E-state index in [-0.39, 0.29) is 5.69 Å². The minimum absolute atomic E-state index is 0.273. The predicted octanol–water partition coefficient (Wildman–Crippen LogP) is 2.49. The Hall–Kier alpha value is -2.54. The Morgan fingerprint density at radius 3 is 2.12 bits per heavy atom. The summed E-state index contributed by atoms with van der Waals surface area (Å²) < 4.78 is 68.8. The average molecular weight is 401 g/mol. The van der Waals surface area contributed by atoms with Gasteiger partial charge in [-0.3, -0.25) is 9.11 Å². The summed E-state index contributed by atoms with van der Waals surface area (Å²) in [4.78, 5) is -1.28. The summed E-state index contributed by atoms with van der Waals surface area (Å²) in [7, 11) is -7.92. The number of hydrogen-bond acceptors (Lipinski definition) is 8. The molecule has 0 fully saturated rings. The molecule has 0 spiro atoms. The van der Waals surface area contributed by atoms with Gasteiger partial charge in [-0.05, 0) is 36.8 Å². The first-order valence-electron chi connectivity index (χ1n) is 6.88. The van der Waals surface area contributed by atoms with Crippen molar-refractivity contribution < 1.29 is 30.7 Å². The van der Waals surface area contributed by atoms with Crippen molar-refractivity contribution in [2.45, 2.75) is 16.7 Å². The third-order valence-corrected chi connectivity index (χ3v) is 5.07. The normalized spacial score (nSPS) is 12.5. The highest BCUT2D eigenvalue weighted by molar-refractivity contribution is 7.86. The molecule has 0 unspecified atom stereocenters. The van der Waals surface area contributed by atoms with E-state index in [0.717, 1.165) is 18.2 Å². The summed E-state index contributed by atoms with van der Waals surface area (Å²) in [5, 5.41) is 7.56. The highest BCUT2D eigenvalue weighted by atomic mass is 32.2. The Kier molecular flexibility index (Phi) is 5.32. The van der Waals surface area contributed by atoms with Gasteiger partial charge < -0.3 is 10.5 Å². The van der Waals surface area contributed by atoms with Crippen LogP contribution in [0.4, 0.5) is 17.1 Å². The summed E-state index contributed by atoms with van der Waals surface area (Å²) >= 11 is 0. The monoisotopic (exact) mass is 401 g/mol. The van der Waals surface area contributed by atoms with Crippen molar-refractivity contribution in [3.05, 3.63) is 35.9 Å². The Labute approximate surface area is 149 Å². The molecule has 0 atom stereocenters. The van der Waals surface area contributed by atoms with E-state index in [0.29, 0.717) is 17.0 Å². The second kappa shape index (κ2) is 6.99. The van der Waals surface area contributed by atoms with Gasteiger partial charge in [0.2, 0.25) is 0 Å². The van der Waals surface area contributed by atoms with Crippen LogP contribution in [0.15, 0.2) is 50.4 Å². The number of benzene rings is 2. The SMILES string of the molecule is COc1cc(N=Nc2cc(S(=O)(=O)O)ccc2S(=O)(=O)O)c(C)cc1N. The van der Waals surface area contributed by atoms with Gasteiger partial charge in [0.25, 0.3) is 20.2 Å². The van der Waals surface area contributed by atoms with Crippen LogP contribution < -0.4 is 10.5 Å². The largest absolute Gasteiger partial charge is 0.495 e. The number of aryl methyl sites for hydroxylation is 1. The number of methoxy groups -OCH3 is 1. The molecule has 140 valence electrons. The summed E-state index contributed by atoms with van der Waals surface area (Å²) in [5.74, 6) is 0.311. The van der Waals surface area contributed by atoms with E-state index >= 15 is 0 Å². The lowest BCUT2D eigenvalue weighted by atomic mass is 10.1. The topological polar surface area (TPSA) is 169 Å². The van der Waals surface area contributed by atoms with Crippen molar-refractivity contribution >= 4 is 37.3 Å². The Morgan fingerprint density at radius 2 is 1.58 bits per heavy atom. The van der Waals surface area contributed by atoms with Crippen molar-refractivity contribution in [1.29, 1.82) is 0 Å². The molecule has 2 aromatic carbocycles. The van der Waals surface area contributed by atoms with Gasteiger partial charge in [0, 0.05) is 6.07 Å². The van der Waals surface area contributed by atoms with Crippen LogP contribution in [-0.4, -0.2) is 33.1 Å². The quantitative estimate of drug-likeness (QED) is 0.390. The maximum Gasteiger partial charge on any atom is 0.296 e. The van der Waals surface area contributed by atoms with Gasteiger partial charge in [-0.25, -0.2) is 0 Å². The van der Waals surface area contributed by atoms with E-state index < -0.39 is 35.7 Å². The molecular formula is C14H15N3O7S2. The van der Waals surface area contributed by atoms with E-state index in [1.54, 1.807) is 13.0 Å². The molecule has 0 saturated heterocycles. The van der Waals surface area contributed by atoms with Crippen molar-refractivity contribution in [3.63, 3.8) is 0 Å². The molecule has 0 aliphatic carbocycles. The molecule has 0 heterocycles. The zero-order valence-corrected chi connectivity index (χ0v) is 15.2. The van der Waals surface area contributed by atoms with Crippen molar-refractivity contribution in [3.8, 4) is 5.75 Å². The fourth-order valence-corrected chi connectivity index (χ4v) is 3.15. The third kappa shape index (κ3) is 4.35. The molecule has 12 heteroatoms. The average Bonchev–Trinajstić information content (AvgIpc) is 2.52. The third-order valence-electron chi connectivity index (χ3n) is 3.32. The van der Waals surface area contributed by atoms with Crippen LogP contribution in [0.25, 0.3) is 0 Å². The maximum atomic E-state index is 11.4. The number of nitrogen functional groups attached to an aromatic ring is 1. The van der Waals surface area contributed by atoms with Gasteiger partial charge in [0.05, 0.1) is 23.4 Å². The number of nitrogens with zero attached hydrogens (tertiary/aromatic N) is 2. The summed E-state index contributed by atoms with van der Waals surface area (Å²) in [5.41, 5.74) is 6.50. The van der Waals surface area contributed by atoms with Gasteiger partial charge in [-0.1, -0.05) is 0 Å². The molecule has 26 heavy (non-hydrogen) atoms. The predicted molar refractivity (Wildman–Crippen MR) is 92.4 cm³/mol. The molecule has 0 aromatic heterocycles. The summed E-state index contributed by atoms with van der Waals surface area (Å²) in [6.45, 7) is 1.67. The molecule has 0 aliphatic heterocycles. The lowest BCUT2D eigenvalue weighted by molar-refractivity contribution is 0.417. The molecule has 4 N–H and O–H groups in total. The smallest absolute Gasteiger partial charge is 0.296 e. The molecule has 10 nitrogen and oxygen atoms in total. The van der Waals surface area contributed by atoms with Gasteiger partial charge >= 0.3 is 0 Å². The highest BCUT2D eigenvalue weighted by Gasteiger charge is 2.20. The van der Waals surface area contributed by atoms with E-state index in [4.69, 9.17) is 15.0 Å². The summed E-state index contributed by atoms with van der Waals surface area (Å²) in [6.07, 6.45) is 0. The van der Waals surface area contributed by atoms with Crippen LogP contribution in [0.3, 0.4) is 0 Å². The number of rotatable bonds is 5. The number of nitrogens with two attached hydrogens (primary N) is 1. The van der Waals surface area contributed by atoms with E-state index in [1.165, 1.54) is 13.2 Å². The molecule has 0 saturated carbocycles. The first-order valence-corrected chi connectivity index (χ1v) is 9.76. The first kappa shape index (κ1) is 19.8. The van der Waals surface area contributed by atoms with Crippen LogP contribution in [-0.2, 0) is 20.2 Å². The molecule has 0 radical (unpaired) electrons. The minimum atomic E-state index is -4.70. The van der Waals surface area contributed by atoms with Crippen LogP contribution in [0, 0.1) is 6.92 Å². The lowest BCUT2D eigenvalue weighted by Gasteiger charge is -2.08. The zero-order valence-electron chi connectivity index (χ0n) is 13.6. The lowest BCUT2D eigenvalue weighted by Crippen LogP contribution is -2.02. The van der Waals surface area contributed by atoms with Crippen LogP contribution in [0.5, 0.6) is 5.75 Å². The standard InChI is InChI=1S/C14H15N3O7S2/c1-8-5-10(15)13(24-2)7-11(8)16-17-12-6-9(25(18,19)20)3-4-14(12)26(21,22)23/h3-7H,15H2,1-2H3,(H,18,19,20)(H,21,22,23). The fraction of sp³-hybridized carbons (Fsp3) is 0.143. The molecule has 2 rings (SSSR count). The first-order chi connectivity index (χ1) is 11.9. The second-order valence-electron chi connectivity index (χ2n) is 5.16. The highest BCUT2D eigenvalue weighted by Crippen LogP contribution is 2.33. The molecular weight excluding hydrogens is 386 g/mol. The number of hydrogen-bond donors (Lipinski definition) is 3. The van der Waals surface area contributed by atoms with Crippen molar-refractivity contribution in [1.82, 2.24) is 0 Å².